The Bertz CT molecular complexity index is 913. The number of carbonyl (C=O) groups is 1. The normalized spacial score (nSPS) is 15.4. The van der Waals surface area contributed by atoms with Gasteiger partial charge in [0.15, 0.2) is 0 Å². The number of benzene rings is 1. The lowest BCUT2D eigenvalue weighted by molar-refractivity contribution is -0.122. The van der Waals surface area contributed by atoms with Crippen molar-refractivity contribution in [1.82, 2.24) is 14.4 Å². The fraction of sp³-hybridized carbons (Fsp3) is 0.316. The van der Waals surface area contributed by atoms with Gasteiger partial charge < -0.3 is 10.1 Å². The molecule has 1 amide bonds. The van der Waals surface area contributed by atoms with Crippen molar-refractivity contribution in [1.29, 1.82) is 0 Å². The molecule has 3 heterocycles. The molecule has 128 valence electrons. The molecule has 1 aromatic carbocycles. The van der Waals surface area contributed by atoms with E-state index in [4.69, 9.17) is 4.74 Å². The molecular weight excluding hydrogens is 316 g/mol. The Morgan fingerprint density at radius 2 is 2.12 bits per heavy atom. The van der Waals surface area contributed by atoms with Gasteiger partial charge in [-0.05, 0) is 38.0 Å². The predicted octanol–water partition coefficient (Wildman–Crippen LogP) is 3.07. The van der Waals surface area contributed by atoms with Gasteiger partial charge in [0.25, 0.3) is 0 Å². The Labute approximate surface area is 145 Å². The maximum atomic E-state index is 12.4. The van der Waals surface area contributed by atoms with Crippen LogP contribution in [-0.2, 0) is 9.53 Å². The monoisotopic (exact) mass is 336 g/mol. The van der Waals surface area contributed by atoms with Gasteiger partial charge >= 0.3 is 0 Å². The number of aromatic nitrogens is 3. The quantitative estimate of drug-likeness (QED) is 0.798. The summed E-state index contributed by atoms with van der Waals surface area (Å²) in [6.45, 7) is 3.33. The van der Waals surface area contributed by atoms with Crippen molar-refractivity contribution in [3.8, 4) is 11.3 Å². The highest BCUT2D eigenvalue weighted by molar-refractivity contribution is 5.93. The lowest BCUT2D eigenvalue weighted by atomic mass is 9.99. The van der Waals surface area contributed by atoms with E-state index in [0.29, 0.717) is 19.0 Å². The summed E-state index contributed by atoms with van der Waals surface area (Å²) in [5, 5.41) is 3.03. The predicted molar refractivity (Wildman–Crippen MR) is 95.3 cm³/mol. The Morgan fingerprint density at radius 3 is 2.92 bits per heavy atom. The van der Waals surface area contributed by atoms with E-state index in [1.807, 2.05) is 47.9 Å². The standard InChI is InChI=1S/C19H20N4O2/c1-13-17(22-19-20-8-3-9-23(13)19)15-4-2-5-16(12-15)21-18(24)14-6-10-25-11-7-14/h2-5,8-9,12,14H,6-7,10-11H2,1H3,(H,21,24). The minimum Gasteiger partial charge on any atom is -0.381 e. The van der Waals surface area contributed by atoms with Crippen LogP contribution >= 0.6 is 0 Å². The summed E-state index contributed by atoms with van der Waals surface area (Å²) in [6, 6.07) is 9.69. The van der Waals surface area contributed by atoms with Crippen molar-refractivity contribution in [2.75, 3.05) is 18.5 Å². The molecule has 0 unspecified atom stereocenters. The SMILES string of the molecule is Cc1c(-c2cccc(NC(=O)C3CCOCC3)c2)nc2ncccn12. The van der Waals surface area contributed by atoms with E-state index in [2.05, 4.69) is 15.3 Å². The van der Waals surface area contributed by atoms with Crippen LogP contribution < -0.4 is 5.32 Å². The minimum atomic E-state index is 0.0264. The Morgan fingerprint density at radius 1 is 1.28 bits per heavy atom. The molecule has 1 aliphatic heterocycles. The van der Waals surface area contributed by atoms with Crippen LogP contribution in [0.5, 0.6) is 0 Å². The molecule has 0 bridgehead atoms. The van der Waals surface area contributed by atoms with Crippen LogP contribution in [0.4, 0.5) is 5.69 Å². The number of hydrogen-bond donors (Lipinski definition) is 1. The summed E-state index contributed by atoms with van der Waals surface area (Å²) in [6.07, 6.45) is 5.24. The molecule has 4 rings (SSSR count). The van der Waals surface area contributed by atoms with Gasteiger partial charge in [-0.1, -0.05) is 12.1 Å². The highest BCUT2D eigenvalue weighted by Gasteiger charge is 2.21. The second-order valence-corrected chi connectivity index (χ2v) is 6.29. The van der Waals surface area contributed by atoms with Gasteiger partial charge in [0.05, 0.1) is 5.69 Å². The largest absolute Gasteiger partial charge is 0.381 e. The second-order valence-electron chi connectivity index (χ2n) is 6.29. The van der Waals surface area contributed by atoms with Gasteiger partial charge in [-0.15, -0.1) is 0 Å². The van der Waals surface area contributed by atoms with Gasteiger partial charge in [0, 0.05) is 48.5 Å². The lowest BCUT2D eigenvalue weighted by Gasteiger charge is -2.21. The van der Waals surface area contributed by atoms with E-state index >= 15 is 0 Å². The van der Waals surface area contributed by atoms with Crippen molar-refractivity contribution < 1.29 is 9.53 Å². The van der Waals surface area contributed by atoms with E-state index < -0.39 is 0 Å². The zero-order valence-corrected chi connectivity index (χ0v) is 14.1. The Hall–Kier alpha value is -2.73. The summed E-state index contributed by atoms with van der Waals surface area (Å²) in [5.41, 5.74) is 3.66. The van der Waals surface area contributed by atoms with Crippen molar-refractivity contribution >= 4 is 17.4 Å². The number of fused-ring (bicyclic) bond motifs is 1. The van der Waals surface area contributed by atoms with Crippen molar-refractivity contribution in [2.24, 2.45) is 5.92 Å². The van der Waals surface area contributed by atoms with Crippen LogP contribution in [0, 0.1) is 12.8 Å². The summed E-state index contributed by atoms with van der Waals surface area (Å²) >= 11 is 0. The van der Waals surface area contributed by atoms with Crippen LogP contribution in [0.1, 0.15) is 18.5 Å². The molecular formula is C19H20N4O2. The molecule has 2 aromatic heterocycles. The van der Waals surface area contributed by atoms with E-state index in [9.17, 15) is 4.79 Å². The number of aryl methyl sites for hydroxylation is 1. The molecule has 6 nitrogen and oxygen atoms in total. The number of anilines is 1. The molecule has 0 saturated carbocycles. The maximum absolute atomic E-state index is 12.4. The molecule has 1 N–H and O–H groups in total. The first-order valence-corrected chi connectivity index (χ1v) is 8.51. The van der Waals surface area contributed by atoms with Gasteiger partial charge in [0.2, 0.25) is 11.7 Å². The first kappa shape index (κ1) is 15.8. The summed E-state index contributed by atoms with van der Waals surface area (Å²) in [7, 11) is 0. The molecule has 1 aliphatic rings. The third-order valence-electron chi connectivity index (χ3n) is 4.64. The molecule has 6 heteroatoms. The topological polar surface area (TPSA) is 68.5 Å². The molecule has 3 aromatic rings. The zero-order chi connectivity index (χ0) is 17.2. The molecule has 1 saturated heterocycles. The molecule has 0 radical (unpaired) electrons. The van der Waals surface area contributed by atoms with Gasteiger partial charge in [-0.3, -0.25) is 9.20 Å². The van der Waals surface area contributed by atoms with Crippen molar-refractivity contribution in [3.05, 3.63) is 48.4 Å². The average molecular weight is 336 g/mol. The highest BCUT2D eigenvalue weighted by atomic mass is 16.5. The fourth-order valence-corrected chi connectivity index (χ4v) is 3.22. The number of nitrogens with one attached hydrogen (secondary N) is 1. The van der Waals surface area contributed by atoms with Crippen LogP contribution in [0.3, 0.4) is 0 Å². The average Bonchev–Trinajstić information content (AvgIpc) is 3.00. The smallest absolute Gasteiger partial charge is 0.234 e. The number of imidazole rings is 1. The number of amides is 1. The van der Waals surface area contributed by atoms with Crippen molar-refractivity contribution in [2.45, 2.75) is 19.8 Å². The van der Waals surface area contributed by atoms with Crippen LogP contribution in [0.15, 0.2) is 42.7 Å². The van der Waals surface area contributed by atoms with Crippen molar-refractivity contribution in [3.63, 3.8) is 0 Å². The fourth-order valence-electron chi connectivity index (χ4n) is 3.22. The number of rotatable bonds is 3. The summed E-state index contributed by atoms with van der Waals surface area (Å²) in [5.74, 6) is 0.763. The van der Waals surface area contributed by atoms with E-state index in [1.54, 1.807) is 6.20 Å². The number of ether oxygens (including phenoxy) is 1. The van der Waals surface area contributed by atoms with Crippen LogP contribution in [0.25, 0.3) is 17.0 Å². The first-order chi connectivity index (χ1) is 12.2. The number of nitrogens with zero attached hydrogens (tertiary/aromatic N) is 3. The van der Waals surface area contributed by atoms with Gasteiger partial charge in [0.1, 0.15) is 0 Å². The summed E-state index contributed by atoms with van der Waals surface area (Å²) < 4.78 is 7.28. The van der Waals surface area contributed by atoms with Crippen LogP contribution in [0.2, 0.25) is 0 Å². The summed E-state index contributed by atoms with van der Waals surface area (Å²) in [4.78, 5) is 21.3. The minimum absolute atomic E-state index is 0.0264. The van der Waals surface area contributed by atoms with Gasteiger partial charge in [-0.2, -0.15) is 0 Å². The molecule has 0 aliphatic carbocycles. The van der Waals surface area contributed by atoms with E-state index in [-0.39, 0.29) is 11.8 Å². The first-order valence-electron chi connectivity index (χ1n) is 8.51. The zero-order valence-electron chi connectivity index (χ0n) is 14.1. The molecule has 0 spiro atoms. The van der Waals surface area contributed by atoms with Crippen LogP contribution in [-0.4, -0.2) is 33.5 Å². The lowest BCUT2D eigenvalue weighted by Crippen LogP contribution is -2.28. The Balaban J connectivity index is 1.60. The van der Waals surface area contributed by atoms with E-state index in [0.717, 1.165) is 35.5 Å². The maximum Gasteiger partial charge on any atom is 0.234 e. The highest BCUT2D eigenvalue weighted by Crippen LogP contribution is 2.26. The van der Waals surface area contributed by atoms with Gasteiger partial charge in [-0.25, -0.2) is 9.97 Å². The van der Waals surface area contributed by atoms with E-state index in [1.165, 1.54) is 0 Å². The third-order valence-corrected chi connectivity index (χ3v) is 4.64. The third kappa shape index (κ3) is 3.13. The Kier molecular flexibility index (Phi) is 4.19. The molecule has 0 atom stereocenters. The molecule has 1 fully saturated rings. The second kappa shape index (κ2) is 6.64. The number of carbonyl (C=O) groups excluding carboxylic acids is 1. The molecule has 25 heavy (non-hydrogen) atoms. The number of hydrogen-bond acceptors (Lipinski definition) is 4.